The lowest BCUT2D eigenvalue weighted by molar-refractivity contribution is -0.119. The van der Waals surface area contributed by atoms with Crippen LogP contribution in [0.4, 0.5) is 5.69 Å². The predicted octanol–water partition coefficient (Wildman–Crippen LogP) is 0.180. The van der Waals surface area contributed by atoms with E-state index in [1.54, 1.807) is 12.1 Å². The van der Waals surface area contributed by atoms with Crippen LogP contribution in [0.2, 0.25) is 0 Å². The second-order valence-electron chi connectivity index (χ2n) is 3.18. The van der Waals surface area contributed by atoms with Crippen LogP contribution in [-0.2, 0) is 19.6 Å². The summed E-state index contributed by atoms with van der Waals surface area (Å²) in [5.74, 6) is -0.411. The van der Waals surface area contributed by atoms with Crippen LogP contribution >= 0.6 is 0 Å². The molecule has 17 heavy (non-hydrogen) atoms. The first kappa shape index (κ1) is 13.6. The molecule has 1 aromatic rings. The zero-order valence-electron chi connectivity index (χ0n) is 9.56. The lowest BCUT2D eigenvalue weighted by Gasteiger charge is -2.10. The monoisotopic (exact) mass is 258 g/mol. The minimum Gasteiger partial charge on any atom is -0.375 e. The van der Waals surface area contributed by atoms with Gasteiger partial charge in [-0.1, -0.05) is 12.1 Å². The number of ether oxygens (including phenoxy) is 1. The highest BCUT2D eigenvalue weighted by molar-refractivity contribution is 7.89. The van der Waals surface area contributed by atoms with Crippen LogP contribution in [0, 0.1) is 0 Å². The third kappa shape index (κ3) is 3.52. The van der Waals surface area contributed by atoms with Gasteiger partial charge in [0.15, 0.2) is 0 Å². The molecule has 1 rings (SSSR count). The van der Waals surface area contributed by atoms with Crippen molar-refractivity contribution in [2.75, 3.05) is 26.1 Å². The number of rotatable bonds is 5. The number of para-hydroxylation sites is 1. The fourth-order valence-corrected chi connectivity index (χ4v) is 2.12. The molecule has 0 spiro atoms. The zero-order chi connectivity index (χ0) is 12.9. The summed E-state index contributed by atoms with van der Waals surface area (Å²) in [6, 6.07) is 6.14. The molecule has 94 valence electrons. The number of methoxy groups -OCH3 is 1. The van der Waals surface area contributed by atoms with Crippen molar-refractivity contribution in [1.82, 2.24) is 4.72 Å². The van der Waals surface area contributed by atoms with Crippen LogP contribution in [0.5, 0.6) is 0 Å². The van der Waals surface area contributed by atoms with Gasteiger partial charge < -0.3 is 10.1 Å². The van der Waals surface area contributed by atoms with Crippen LogP contribution in [0.1, 0.15) is 0 Å². The van der Waals surface area contributed by atoms with Crippen LogP contribution in [0.15, 0.2) is 29.2 Å². The maximum atomic E-state index is 11.7. The average molecular weight is 258 g/mol. The maximum Gasteiger partial charge on any atom is 0.250 e. The number of hydrogen-bond acceptors (Lipinski definition) is 4. The molecule has 1 amide bonds. The Morgan fingerprint density at radius 3 is 2.59 bits per heavy atom. The van der Waals surface area contributed by atoms with Gasteiger partial charge in [0.2, 0.25) is 15.9 Å². The smallest absolute Gasteiger partial charge is 0.250 e. The fraction of sp³-hybridized carbons (Fsp3) is 0.300. The third-order valence-corrected chi connectivity index (χ3v) is 3.47. The Balaban J connectivity index is 3.05. The molecular weight excluding hydrogens is 244 g/mol. The van der Waals surface area contributed by atoms with Crippen LogP contribution in [0.25, 0.3) is 0 Å². The summed E-state index contributed by atoms with van der Waals surface area (Å²) in [7, 11) is -0.902. The SMILES string of the molecule is CNS(=O)(=O)c1ccccc1NC(=O)COC. The first-order valence-electron chi connectivity index (χ1n) is 4.82. The van der Waals surface area contributed by atoms with Crippen molar-refractivity contribution in [3.05, 3.63) is 24.3 Å². The van der Waals surface area contributed by atoms with E-state index < -0.39 is 15.9 Å². The molecule has 0 saturated carbocycles. The van der Waals surface area contributed by atoms with Crippen molar-refractivity contribution in [2.24, 2.45) is 0 Å². The van der Waals surface area contributed by atoms with Gasteiger partial charge in [0.1, 0.15) is 11.5 Å². The van der Waals surface area contributed by atoms with Gasteiger partial charge in [0, 0.05) is 7.11 Å². The highest BCUT2D eigenvalue weighted by Gasteiger charge is 2.17. The molecule has 0 bridgehead atoms. The number of benzene rings is 1. The van der Waals surface area contributed by atoms with Gasteiger partial charge in [-0.3, -0.25) is 4.79 Å². The molecule has 2 N–H and O–H groups in total. The van der Waals surface area contributed by atoms with Crippen molar-refractivity contribution in [3.8, 4) is 0 Å². The summed E-state index contributed by atoms with van der Waals surface area (Å²) < 4.78 is 30.2. The van der Waals surface area contributed by atoms with Crippen LogP contribution in [0.3, 0.4) is 0 Å². The summed E-state index contributed by atoms with van der Waals surface area (Å²) in [4.78, 5) is 11.3. The van der Waals surface area contributed by atoms with Gasteiger partial charge in [-0.05, 0) is 19.2 Å². The standard InChI is InChI=1S/C10H14N2O4S/c1-11-17(14,15)9-6-4-3-5-8(9)12-10(13)7-16-2/h3-6,11H,7H2,1-2H3,(H,12,13). The third-order valence-electron chi connectivity index (χ3n) is 1.99. The van der Waals surface area contributed by atoms with E-state index in [2.05, 4.69) is 14.8 Å². The molecule has 0 aliphatic heterocycles. The first-order chi connectivity index (χ1) is 8.01. The van der Waals surface area contributed by atoms with Crippen molar-refractivity contribution < 1.29 is 17.9 Å². The molecule has 0 heterocycles. The molecule has 0 unspecified atom stereocenters. The minimum atomic E-state index is -3.59. The van der Waals surface area contributed by atoms with Crippen LogP contribution in [-0.4, -0.2) is 35.1 Å². The zero-order valence-corrected chi connectivity index (χ0v) is 10.4. The number of sulfonamides is 1. The molecule has 1 aromatic carbocycles. The predicted molar refractivity (Wildman–Crippen MR) is 63.2 cm³/mol. The number of carbonyl (C=O) groups excluding carboxylic acids is 1. The lowest BCUT2D eigenvalue weighted by Crippen LogP contribution is -2.23. The molecule has 0 radical (unpaired) electrons. The Hall–Kier alpha value is -1.44. The average Bonchev–Trinajstić information content (AvgIpc) is 2.30. The number of anilines is 1. The van der Waals surface area contributed by atoms with Crippen molar-refractivity contribution in [1.29, 1.82) is 0 Å². The topological polar surface area (TPSA) is 84.5 Å². The van der Waals surface area contributed by atoms with Crippen LogP contribution < -0.4 is 10.0 Å². The summed E-state index contributed by atoms with van der Waals surface area (Å²) in [5.41, 5.74) is 0.226. The number of amides is 1. The minimum absolute atomic E-state index is 0.0203. The van der Waals surface area contributed by atoms with Crippen molar-refractivity contribution in [2.45, 2.75) is 4.90 Å². The van der Waals surface area contributed by atoms with E-state index in [-0.39, 0.29) is 17.2 Å². The van der Waals surface area contributed by atoms with Gasteiger partial charge in [-0.25, -0.2) is 13.1 Å². The van der Waals surface area contributed by atoms with E-state index >= 15 is 0 Å². The van der Waals surface area contributed by atoms with Gasteiger partial charge in [-0.15, -0.1) is 0 Å². The second-order valence-corrected chi connectivity index (χ2v) is 5.04. The Morgan fingerprint density at radius 2 is 2.00 bits per heavy atom. The van der Waals surface area contributed by atoms with E-state index in [1.807, 2.05) is 0 Å². The summed E-state index contributed by atoms with van der Waals surface area (Å²) in [5, 5.41) is 2.47. The molecule has 0 aromatic heterocycles. The summed E-state index contributed by atoms with van der Waals surface area (Å²) in [6.07, 6.45) is 0. The second kappa shape index (κ2) is 5.76. The molecule has 0 aliphatic carbocycles. The molecule has 0 aliphatic rings. The summed E-state index contributed by atoms with van der Waals surface area (Å²) >= 11 is 0. The van der Waals surface area contributed by atoms with E-state index in [4.69, 9.17) is 0 Å². The van der Waals surface area contributed by atoms with Gasteiger partial charge in [0.05, 0.1) is 5.69 Å². The molecule has 0 fully saturated rings. The highest BCUT2D eigenvalue weighted by atomic mass is 32.2. The first-order valence-corrected chi connectivity index (χ1v) is 6.31. The quantitative estimate of drug-likeness (QED) is 0.789. The van der Waals surface area contributed by atoms with E-state index in [0.717, 1.165) is 0 Å². The fourth-order valence-electron chi connectivity index (χ4n) is 1.23. The van der Waals surface area contributed by atoms with Gasteiger partial charge in [0.25, 0.3) is 0 Å². The number of nitrogens with one attached hydrogen (secondary N) is 2. The largest absolute Gasteiger partial charge is 0.375 e. The van der Waals surface area contributed by atoms with Gasteiger partial charge in [-0.2, -0.15) is 0 Å². The number of carbonyl (C=O) groups is 1. The van der Waals surface area contributed by atoms with E-state index in [9.17, 15) is 13.2 Å². The molecular formula is C10H14N2O4S. The Bertz CT molecular complexity index is 499. The van der Waals surface area contributed by atoms with Crippen molar-refractivity contribution >= 4 is 21.6 Å². The van der Waals surface area contributed by atoms with E-state index in [0.29, 0.717) is 0 Å². The molecule has 0 atom stereocenters. The molecule has 7 heteroatoms. The Kier molecular flexibility index (Phi) is 4.62. The van der Waals surface area contributed by atoms with Gasteiger partial charge >= 0.3 is 0 Å². The maximum absolute atomic E-state index is 11.7. The molecule has 6 nitrogen and oxygen atoms in total. The highest BCUT2D eigenvalue weighted by Crippen LogP contribution is 2.20. The number of hydrogen-bond donors (Lipinski definition) is 2. The Morgan fingerprint density at radius 1 is 1.35 bits per heavy atom. The van der Waals surface area contributed by atoms with Crippen molar-refractivity contribution in [3.63, 3.8) is 0 Å². The molecule has 0 saturated heterocycles. The normalized spacial score (nSPS) is 11.2. The Labute approximate surface area is 100 Å². The summed E-state index contributed by atoms with van der Waals surface area (Å²) in [6.45, 7) is -0.131. The van der Waals surface area contributed by atoms with E-state index in [1.165, 1.54) is 26.3 Å². The lowest BCUT2D eigenvalue weighted by atomic mass is 10.3.